The van der Waals surface area contributed by atoms with Gasteiger partial charge in [0.2, 0.25) is 0 Å². The van der Waals surface area contributed by atoms with E-state index >= 15 is 0 Å². The Morgan fingerprint density at radius 3 is 2.65 bits per heavy atom. The van der Waals surface area contributed by atoms with Crippen molar-refractivity contribution in [2.75, 3.05) is 19.0 Å². The van der Waals surface area contributed by atoms with Gasteiger partial charge in [-0.05, 0) is 49.6 Å². The Morgan fingerprint density at radius 1 is 1.12 bits per heavy atom. The fraction of sp³-hybridized carbons (Fsp3) is 0.227. The summed E-state index contributed by atoms with van der Waals surface area (Å²) in [4.78, 5) is 8.02. The number of thiazole rings is 1. The Hall–Kier alpha value is -2.59. The van der Waals surface area contributed by atoms with Gasteiger partial charge in [0, 0.05) is 31.5 Å². The van der Waals surface area contributed by atoms with Gasteiger partial charge < -0.3 is 4.90 Å². The second-order valence-corrected chi connectivity index (χ2v) is 7.74. The van der Waals surface area contributed by atoms with Gasteiger partial charge in [-0.2, -0.15) is 0 Å². The van der Waals surface area contributed by atoms with Crippen LogP contribution >= 0.6 is 11.3 Å². The number of allylic oxidation sites excluding steroid dienone is 2. The molecule has 26 heavy (non-hydrogen) atoms. The maximum atomic E-state index is 4.86. The molecule has 0 fully saturated rings. The number of aryl methyl sites for hydroxylation is 1. The summed E-state index contributed by atoms with van der Waals surface area (Å²) < 4.78 is 3.52. The third-order valence-corrected chi connectivity index (χ3v) is 5.69. The molecule has 3 nitrogen and oxygen atoms in total. The van der Waals surface area contributed by atoms with Crippen LogP contribution in [-0.2, 0) is 6.42 Å². The molecular weight excluding hydrogens is 338 g/mol. The van der Waals surface area contributed by atoms with Crippen molar-refractivity contribution < 1.29 is 0 Å². The van der Waals surface area contributed by atoms with Crippen molar-refractivity contribution in [3.05, 3.63) is 66.4 Å². The Morgan fingerprint density at radius 2 is 1.92 bits per heavy atom. The van der Waals surface area contributed by atoms with Gasteiger partial charge in [-0.15, -0.1) is 0 Å². The Kier molecular flexibility index (Phi) is 4.51. The maximum absolute atomic E-state index is 4.86. The number of rotatable bonds is 5. The lowest BCUT2D eigenvalue weighted by Crippen LogP contribution is -2.07. The van der Waals surface area contributed by atoms with E-state index in [0.717, 1.165) is 29.1 Å². The molecule has 0 atom stereocenters. The van der Waals surface area contributed by atoms with Crippen LogP contribution in [0.3, 0.4) is 0 Å². The molecule has 0 aliphatic rings. The quantitative estimate of drug-likeness (QED) is 0.419. The van der Waals surface area contributed by atoms with E-state index in [1.807, 2.05) is 0 Å². The molecule has 0 spiro atoms. The third-order valence-electron chi connectivity index (χ3n) is 4.67. The molecule has 0 aliphatic carbocycles. The van der Waals surface area contributed by atoms with E-state index in [9.17, 15) is 0 Å². The number of nitrogens with zero attached hydrogens (tertiary/aromatic N) is 3. The minimum Gasteiger partial charge on any atom is -0.378 e. The number of aromatic nitrogens is 2. The maximum Gasteiger partial charge on any atom is 0.195 e. The lowest BCUT2D eigenvalue weighted by atomic mass is 10.1. The molecular formula is C22H23N3S. The largest absolute Gasteiger partial charge is 0.378 e. The first kappa shape index (κ1) is 16.9. The lowest BCUT2D eigenvalue weighted by Gasteiger charge is -2.12. The molecule has 4 aromatic rings. The summed E-state index contributed by atoms with van der Waals surface area (Å²) >= 11 is 1.76. The highest BCUT2D eigenvalue weighted by Crippen LogP contribution is 2.31. The number of imidazole rings is 1. The zero-order valence-electron chi connectivity index (χ0n) is 15.4. The van der Waals surface area contributed by atoms with Crippen LogP contribution in [0.4, 0.5) is 5.69 Å². The normalized spacial score (nSPS) is 11.8. The molecule has 2 heterocycles. The Bertz CT molecular complexity index is 1070. The molecule has 2 aromatic carbocycles. The fourth-order valence-electron chi connectivity index (χ4n) is 3.19. The number of benzene rings is 2. The molecule has 0 saturated carbocycles. The highest BCUT2D eigenvalue weighted by molar-refractivity contribution is 7.23. The molecule has 0 N–H and O–H groups in total. The molecule has 0 radical (unpaired) electrons. The third kappa shape index (κ3) is 3.13. The SMILES string of the molecule is CC=CCCc1ccc2c(c1)sc1nc(-c3ccc(N(C)C)cc3)cn12. The van der Waals surface area contributed by atoms with Crippen molar-refractivity contribution in [3.63, 3.8) is 0 Å². The van der Waals surface area contributed by atoms with E-state index in [1.54, 1.807) is 11.3 Å². The van der Waals surface area contributed by atoms with Gasteiger partial charge in [0.1, 0.15) is 0 Å². The minimum absolute atomic E-state index is 1.03. The van der Waals surface area contributed by atoms with Crippen molar-refractivity contribution in [1.82, 2.24) is 9.38 Å². The van der Waals surface area contributed by atoms with Crippen LogP contribution < -0.4 is 4.90 Å². The van der Waals surface area contributed by atoms with Crippen molar-refractivity contribution in [1.29, 1.82) is 0 Å². The van der Waals surface area contributed by atoms with Crippen molar-refractivity contribution >= 4 is 32.2 Å². The van der Waals surface area contributed by atoms with Gasteiger partial charge in [0.15, 0.2) is 4.96 Å². The van der Waals surface area contributed by atoms with E-state index in [0.29, 0.717) is 0 Å². The van der Waals surface area contributed by atoms with E-state index in [4.69, 9.17) is 4.98 Å². The molecule has 2 aromatic heterocycles. The van der Waals surface area contributed by atoms with E-state index < -0.39 is 0 Å². The van der Waals surface area contributed by atoms with Crippen LogP contribution in [0.1, 0.15) is 18.9 Å². The minimum atomic E-state index is 1.03. The summed E-state index contributed by atoms with van der Waals surface area (Å²) in [5.74, 6) is 0. The zero-order valence-corrected chi connectivity index (χ0v) is 16.3. The van der Waals surface area contributed by atoms with Gasteiger partial charge in [-0.1, -0.05) is 41.7 Å². The molecule has 4 rings (SSSR count). The predicted molar refractivity (Wildman–Crippen MR) is 113 cm³/mol. The molecule has 0 saturated heterocycles. The van der Waals surface area contributed by atoms with E-state index in [2.05, 4.69) is 91.1 Å². The first-order chi connectivity index (χ1) is 12.7. The van der Waals surface area contributed by atoms with E-state index in [-0.39, 0.29) is 0 Å². The lowest BCUT2D eigenvalue weighted by molar-refractivity contribution is 1.00. The summed E-state index contributed by atoms with van der Waals surface area (Å²) in [7, 11) is 4.11. The number of hydrogen-bond donors (Lipinski definition) is 0. The average Bonchev–Trinajstić information content (AvgIpc) is 3.19. The molecule has 0 amide bonds. The van der Waals surface area contributed by atoms with Gasteiger partial charge in [-0.25, -0.2) is 4.98 Å². The summed E-state index contributed by atoms with van der Waals surface area (Å²) in [6, 6.07) is 15.3. The Labute approximate surface area is 158 Å². The van der Waals surface area contributed by atoms with Gasteiger partial charge in [-0.3, -0.25) is 4.40 Å². The predicted octanol–water partition coefficient (Wildman–Crippen LogP) is 5.79. The standard InChI is InChI=1S/C22H23N3S/c1-4-5-6-7-16-8-13-20-21(14-16)26-22-23-19(15-25(20)22)17-9-11-18(12-10-17)24(2)3/h4-5,8-15H,6-7H2,1-3H3. The zero-order chi connectivity index (χ0) is 18.1. The topological polar surface area (TPSA) is 20.5 Å². The monoisotopic (exact) mass is 361 g/mol. The molecule has 0 aliphatic heterocycles. The van der Waals surface area contributed by atoms with Crippen LogP contribution in [0.2, 0.25) is 0 Å². The smallest absolute Gasteiger partial charge is 0.195 e. The highest BCUT2D eigenvalue weighted by Gasteiger charge is 2.11. The molecule has 4 heteroatoms. The summed E-state index contributed by atoms with van der Waals surface area (Å²) in [5, 5.41) is 0. The van der Waals surface area contributed by atoms with Crippen molar-refractivity contribution in [3.8, 4) is 11.3 Å². The second kappa shape index (κ2) is 6.96. The first-order valence-electron chi connectivity index (χ1n) is 8.95. The second-order valence-electron chi connectivity index (χ2n) is 6.73. The van der Waals surface area contributed by atoms with Gasteiger partial charge in [0.25, 0.3) is 0 Å². The summed E-state index contributed by atoms with van der Waals surface area (Å²) in [6.07, 6.45) is 8.67. The molecule has 0 unspecified atom stereocenters. The molecule has 132 valence electrons. The summed E-state index contributed by atoms with van der Waals surface area (Å²) in [5.41, 5.74) is 6.01. The van der Waals surface area contributed by atoms with Crippen LogP contribution in [0, 0.1) is 0 Å². The van der Waals surface area contributed by atoms with Crippen LogP contribution in [0.25, 0.3) is 26.4 Å². The first-order valence-corrected chi connectivity index (χ1v) is 9.77. The average molecular weight is 362 g/mol. The van der Waals surface area contributed by atoms with Gasteiger partial charge in [0.05, 0.1) is 15.9 Å². The Balaban J connectivity index is 1.67. The number of hydrogen-bond acceptors (Lipinski definition) is 3. The van der Waals surface area contributed by atoms with Crippen molar-refractivity contribution in [2.24, 2.45) is 0 Å². The van der Waals surface area contributed by atoms with Crippen molar-refractivity contribution in [2.45, 2.75) is 19.8 Å². The van der Waals surface area contributed by atoms with E-state index in [1.165, 1.54) is 21.5 Å². The molecule has 0 bridgehead atoms. The van der Waals surface area contributed by atoms with Crippen LogP contribution in [0.5, 0.6) is 0 Å². The summed E-state index contributed by atoms with van der Waals surface area (Å²) in [6.45, 7) is 2.07. The fourth-order valence-corrected chi connectivity index (χ4v) is 4.26. The highest BCUT2D eigenvalue weighted by atomic mass is 32.1. The number of anilines is 1. The van der Waals surface area contributed by atoms with Gasteiger partial charge >= 0.3 is 0 Å². The van der Waals surface area contributed by atoms with Crippen LogP contribution in [-0.4, -0.2) is 23.5 Å². The van der Waals surface area contributed by atoms with Crippen LogP contribution in [0.15, 0.2) is 60.8 Å². The number of fused-ring (bicyclic) bond motifs is 3.